The van der Waals surface area contributed by atoms with Crippen LogP contribution in [0.4, 0.5) is 23.5 Å². The van der Waals surface area contributed by atoms with Crippen LogP contribution in [0.15, 0.2) is 49.3 Å². The zero-order chi connectivity index (χ0) is 21.7. The van der Waals surface area contributed by atoms with Gasteiger partial charge < -0.3 is 15.0 Å². The number of benzene rings is 1. The minimum absolute atomic E-state index is 0.200. The van der Waals surface area contributed by atoms with Gasteiger partial charge in [0.2, 0.25) is 11.9 Å². The molecule has 0 saturated carbocycles. The molecule has 10 heteroatoms. The molecule has 1 fully saturated rings. The van der Waals surface area contributed by atoms with E-state index < -0.39 is 23.7 Å². The molecule has 0 radical (unpaired) electrons. The molecule has 1 saturated heterocycles. The average molecular weight is 424 g/mol. The molecule has 1 unspecified atom stereocenters. The second kappa shape index (κ2) is 9.21. The Hall–Kier alpha value is -3.01. The van der Waals surface area contributed by atoms with Crippen LogP contribution < -0.4 is 5.32 Å². The maximum atomic E-state index is 13.0. The van der Waals surface area contributed by atoms with Crippen LogP contribution in [-0.2, 0) is 22.1 Å². The Bertz CT molecular complexity index is 872. The fourth-order valence-corrected chi connectivity index (χ4v) is 3.13. The summed E-state index contributed by atoms with van der Waals surface area (Å²) in [6.07, 6.45) is -1.12. The van der Waals surface area contributed by atoms with E-state index in [4.69, 9.17) is 4.74 Å². The molecule has 0 bridgehead atoms. The molecule has 0 spiro atoms. The quantitative estimate of drug-likeness (QED) is 0.547. The third-order valence-corrected chi connectivity index (χ3v) is 4.69. The summed E-state index contributed by atoms with van der Waals surface area (Å²) in [6, 6.07) is 4.55. The lowest BCUT2D eigenvalue weighted by Crippen LogP contribution is -2.35. The number of hydrogen-bond acceptors (Lipinski definition) is 5. The van der Waals surface area contributed by atoms with Crippen molar-refractivity contribution < 1.29 is 27.1 Å². The van der Waals surface area contributed by atoms with Crippen molar-refractivity contribution >= 4 is 11.9 Å². The summed E-state index contributed by atoms with van der Waals surface area (Å²) < 4.78 is 56.8. The number of nitrogens with zero attached hydrogens (tertiary/aromatic N) is 3. The summed E-state index contributed by atoms with van der Waals surface area (Å²) in [5, 5.41) is 3.03. The topological polar surface area (TPSA) is 67.4 Å². The lowest BCUT2D eigenvalue weighted by molar-refractivity contribution is -0.137. The first-order valence-corrected chi connectivity index (χ1v) is 9.19. The maximum Gasteiger partial charge on any atom is 0.416 e. The Labute approximate surface area is 170 Å². The highest BCUT2D eigenvalue weighted by Gasteiger charge is 2.35. The van der Waals surface area contributed by atoms with Gasteiger partial charge in [-0.15, -0.1) is 0 Å². The van der Waals surface area contributed by atoms with Crippen LogP contribution in [0.3, 0.4) is 0 Å². The molecule has 6 nitrogen and oxygen atoms in total. The second-order valence-electron chi connectivity index (χ2n) is 6.78. The normalized spacial score (nSPS) is 19.0. The Morgan fingerprint density at radius 2 is 1.90 bits per heavy atom. The Morgan fingerprint density at radius 3 is 2.50 bits per heavy atom. The van der Waals surface area contributed by atoms with Crippen LogP contribution in [0.2, 0.25) is 0 Å². The number of halogens is 4. The number of rotatable bonds is 7. The number of carbonyl (C=O) groups excluding carboxylic acids is 1. The number of ether oxygens (including phenoxy) is 1. The van der Waals surface area contributed by atoms with E-state index >= 15 is 0 Å². The van der Waals surface area contributed by atoms with E-state index in [9.17, 15) is 22.4 Å². The van der Waals surface area contributed by atoms with Crippen molar-refractivity contribution in [1.82, 2.24) is 14.9 Å². The first-order valence-electron chi connectivity index (χ1n) is 9.19. The average Bonchev–Trinajstić information content (AvgIpc) is 3.11. The zero-order valence-corrected chi connectivity index (χ0v) is 15.9. The predicted octanol–water partition coefficient (Wildman–Crippen LogP) is 3.07. The van der Waals surface area contributed by atoms with Crippen molar-refractivity contribution in [3.05, 3.63) is 66.3 Å². The van der Waals surface area contributed by atoms with Gasteiger partial charge in [-0.05, 0) is 30.2 Å². The number of nitrogens with one attached hydrogen (secondary N) is 1. The summed E-state index contributed by atoms with van der Waals surface area (Å²) in [7, 11) is 0. The molecule has 1 amide bonds. The molecule has 2 atom stereocenters. The molecule has 1 N–H and O–H groups in total. The van der Waals surface area contributed by atoms with E-state index in [2.05, 4.69) is 21.9 Å². The van der Waals surface area contributed by atoms with Gasteiger partial charge in [-0.3, -0.25) is 4.79 Å². The highest BCUT2D eigenvalue weighted by Crippen LogP contribution is 2.29. The molecular weight excluding hydrogens is 404 g/mol. The Kier molecular flexibility index (Phi) is 6.66. The first kappa shape index (κ1) is 21.7. The molecule has 1 aromatic heterocycles. The minimum Gasteiger partial charge on any atom is -0.374 e. The molecule has 1 aromatic carbocycles. The van der Waals surface area contributed by atoms with Crippen molar-refractivity contribution in [3.8, 4) is 0 Å². The maximum absolute atomic E-state index is 13.0. The molecule has 30 heavy (non-hydrogen) atoms. The molecule has 1 aliphatic rings. The van der Waals surface area contributed by atoms with Gasteiger partial charge >= 0.3 is 6.18 Å². The largest absolute Gasteiger partial charge is 0.416 e. The number of hydrogen-bond donors (Lipinski definition) is 1. The van der Waals surface area contributed by atoms with Crippen LogP contribution in [0, 0.1) is 5.82 Å². The number of aromatic nitrogens is 2. The standard InChI is InChI=1S/C20H20F4N4O2/c1-2-18(29)28-11-16(27-19-25-9-15(21)10-26-19)17(12-28)30-8-7-13-3-5-14(6-4-13)20(22,23)24/h2-6,9-10,16-17H,1,7-8,11-12H2,(H,25,26,27)/t16?,17-/m1/s1. The minimum atomic E-state index is -4.37. The van der Waals surface area contributed by atoms with Crippen molar-refractivity contribution in [2.45, 2.75) is 24.7 Å². The number of likely N-dealkylation sites (tertiary alicyclic amines) is 1. The van der Waals surface area contributed by atoms with Crippen LogP contribution in [0.1, 0.15) is 11.1 Å². The van der Waals surface area contributed by atoms with Crippen LogP contribution in [-0.4, -0.2) is 52.6 Å². The summed E-state index contributed by atoms with van der Waals surface area (Å²) in [4.78, 5) is 21.2. The summed E-state index contributed by atoms with van der Waals surface area (Å²) >= 11 is 0. The Morgan fingerprint density at radius 1 is 1.23 bits per heavy atom. The van der Waals surface area contributed by atoms with E-state index in [1.165, 1.54) is 18.2 Å². The second-order valence-corrected chi connectivity index (χ2v) is 6.78. The van der Waals surface area contributed by atoms with Crippen molar-refractivity contribution in [2.75, 3.05) is 25.0 Å². The van der Waals surface area contributed by atoms with Crippen molar-refractivity contribution in [2.24, 2.45) is 0 Å². The van der Waals surface area contributed by atoms with Gasteiger partial charge in [0.25, 0.3) is 0 Å². The van der Waals surface area contributed by atoms with Gasteiger partial charge in [0, 0.05) is 13.1 Å². The van der Waals surface area contributed by atoms with Gasteiger partial charge in [0.15, 0.2) is 5.82 Å². The van der Waals surface area contributed by atoms with Gasteiger partial charge in [0.1, 0.15) is 0 Å². The van der Waals surface area contributed by atoms with E-state index in [0.29, 0.717) is 25.1 Å². The molecule has 3 rings (SSSR count). The molecule has 1 aliphatic heterocycles. The van der Waals surface area contributed by atoms with Gasteiger partial charge in [-0.25, -0.2) is 14.4 Å². The van der Waals surface area contributed by atoms with Crippen LogP contribution >= 0.6 is 0 Å². The molecule has 0 aliphatic carbocycles. The smallest absolute Gasteiger partial charge is 0.374 e. The first-order chi connectivity index (χ1) is 14.3. The third-order valence-electron chi connectivity index (χ3n) is 4.69. The third kappa shape index (κ3) is 5.53. The number of anilines is 1. The van der Waals surface area contributed by atoms with E-state index in [0.717, 1.165) is 24.5 Å². The molecule has 2 heterocycles. The van der Waals surface area contributed by atoms with Crippen LogP contribution in [0.5, 0.6) is 0 Å². The number of amides is 1. The molecule has 160 valence electrons. The van der Waals surface area contributed by atoms with E-state index in [-0.39, 0.29) is 24.5 Å². The number of alkyl halides is 3. The van der Waals surface area contributed by atoms with Gasteiger partial charge in [-0.1, -0.05) is 18.7 Å². The SMILES string of the molecule is C=CC(=O)N1CC(Nc2ncc(F)cn2)[C@H](OCCc2ccc(C(F)(F)F)cc2)C1. The van der Waals surface area contributed by atoms with Gasteiger partial charge in [0.05, 0.1) is 36.7 Å². The van der Waals surface area contributed by atoms with E-state index in [1.54, 1.807) is 4.90 Å². The monoisotopic (exact) mass is 424 g/mol. The summed E-state index contributed by atoms with van der Waals surface area (Å²) in [6.45, 7) is 4.34. The predicted molar refractivity (Wildman–Crippen MR) is 101 cm³/mol. The van der Waals surface area contributed by atoms with Gasteiger partial charge in [-0.2, -0.15) is 13.2 Å². The van der Waals surface area contributed by atoms with Crippen LogP contribution in [0.25, 0.3) is 0 Å². The van der Waals surface area contributed by atoms with E-state index in [1.807, 2.05) is 0 Å². The fourth-order valence-electron chi connectivity index (χ4n) is 3.13. The summed E-state index contributed by atoms with van der Waals surface area (Å²) in [5.41, 5.74) is -0.00324. The Balaban J connectivity index is 1.60. The molecular formula is C20H20F4N4O2. The van der Waals surface area contributed by atoms with Crippen molar-refractivity contribution in [1.29, 1.82) is 0 Å². The lowest BCUT2D eigenvalue weighted by atomic mass is 10.1. The fraction of sp³-hybridized carbons (Fsp3) is 0.350. The summed E-state index contributed by atoms with van der Waals surface area (Å²) in [5.74, 6) is -0.624. The lowest BCUT2D eigenvalue weighted by Gasteiger charge is -2.20. The highest BCUT2D eigenvalue weighted by atomic mass is 19.4. The zero-order valence-electron chi connectivity index (χ0n) is 15.9. The highest BCUT2D eigenvalue weighted by molar-refractivity contribution is 5.87. The van der Waals surface area contributed by atoms with Crippen molar-refractivity contribution in [3.63, 3.8) is 0 Å². The number of carbonyl (C=O) groups is 1. The molecule has 2 aromatic rings.